The molecule has 0 radical (unpaired) electrons. The Balaban J connectivity index is 1.31. The van der Waals surface area contributed by atoms with Crippen LogP contribution in [0.1, 0.15) is 81.5 Å². The van der Waals surface area contributed by atoms with Gasteiger partial charge < -0.3 is 15.4 Å². The first-order valence-electron chi connectivity index (χ1n) is 16.9. The van der Waals surface area contributed by atoms with Gasteiger partial charge in [0.2, 0.25) is 0 Å². The first kappa shape index (κ1) is 30.3. The molecular formula is C41H45N3O2. The van der Waals surface area contributed by atoms with Crippen LogP contribution >= 0.6 is 0 Å². The SMILES string of the molecule is CC(C)c1ccc2c(c1)CC[C@H]1[C@@](C)(Cc3c(-c4ccccc4)ccc4[nH]c(-c5cccc(NCC(=O)O)c5)nc34)CCC[C@]21C. The third-order valence-corrected chi connectivity index (χ3v) is 11.2. The third-order valence-electron chi connectivity index (χ3n) is 11.2. The van der Waals surface area contributed by atoms with Gasteiger partial charge in [0.05, 0.1) is 11.0 Å². The Hall–Kier alpha value is -4.38. The summed E-state index contributed by atoms with van der Waals surface area (Å²) in [6.07, 6.45) is 7.04. The first-order valence-corrected chi connectivity index (χ1v) is 16.9. The average Bonchev–Trinajstić information content (AvgIpc) is 3.49. The Morgan fingerprint density at radius 2 is 1.78 bits per heavy atom. The van der Waals surface area contributed by atoms with Crippen LogP contribution in [0.5, 0.6) is 0 Å². The van der Waals surface area contributed by atoms with Crippen molar-refractivity contribution < 1.29 is 9.90 Å². The molecule has 236 valence electrons. The molecule has 1 aromatic heterocycles. The molecular weight excluding hydrogens is 566 g/mol. The molecule has 0 spiro atoms. The molecule has 0 unspecified atom stereocenters. The lowest BCUT2D eigenvalue weighted by Crippen LogP contribution is -2.50. The van der Waals surface area contributed by atoms with E-state index in [9.17, 15) is 4.79 Å². The highest BCUT2D eigenvalue weighted by molar-refractivity contribution is 5.89. The topological polar surface area (TPSA) is 78.0 Å². The molecule has 1 fully saturated rings. The lowest BCUT2D eigenvalue weighted by Gasteiger charge is -2.56. The van der Waals surface area contributed by atoms with Gasteiger partial charge in [0, 0.05) is 11.3 Å². The summed E-state index contributed by atoms with van der Waals surface area (Å²) in [6, 6.07) is 30.4. The van der Waals surface area contributed by atoms with Gasteiger partial charge >= 0.3 is 5.97 Å². The molecule has 0 amide bonds. The molecule has 0 bridgehead atoms. The van der Waals surface area contributed by atoms with Crippen LogP contribution in [0.25, 0.3) is 33.5 Å². The van der Waals surface area contributed by atoms with Gasteiger partial charge in [0.25, 0.3) is 0 Å². The average molecular weight is 612 g/mol. The summed E-state index contributed by atoms with van der Waals surface area (Å²) in [7, 11) is 0. The first-order chi connectivity index (χ1) is 22.1. The van der Waals surface area contributed by atoms with Gasteiger partial charge in [0.1, 0.15) is 12.4 Å². The van der Waals surface area contributed by atoms with E-state index in [1.807, 2.05) is 24.3 Å². The summed E-state index contributed by atoms with van der Waals surface area (Å²) in [6.45, 7) is 9.58. The largest absolute Gasteiger partial charge is 0.480 e. The van der Waals surface area contributed by atoms with Crippen molar-refractivity contribution in [2.24, 2.45) is 11.3 Å². The number of nitrogens with zero attached hydrogens (tertiary/aromatic N) is 1. The van der Waals surface area contributed by atoms with Crippen LogP contribution in [-0.4, -0.2) is 27.6 Å². The number of fused-ring (bicyclic) bond motifs is 4. The second-order valence-electron chi connectivity index (χ2n) is 14.5. The minimum Gasteiger partial charge on any atom is -0.480 e. The molecule has 5 aromatic rings. The number of imidazole rings is 1. The number of aliphatic carboxylic acids is 1. The minimum absolute atomic E-state index is 0.124. The molecule has 46 heavy (non-hydrogen) atoms. The number of aryl methyl sites for hydroxylation is 1. The fourth-order valence-corrected chi connectivity index (χ4v) is 8.91. The maximum absolute atomic E-state index is 11.1. The van der Waals surface area contributed by atoms with Gasteiger partial charge in [-0.2, -0.15) is 0 Å². The number of anilines is 1. The number of carbonyl (C=O) groups is 1. The van der Waals surface area contributed by atoms with E-state index in [4.69, 9.17) is 10.1 Å². The fraction of sp³-hybridized carbons (Fsp3) is 0.366. The second-order valence-corrected chi connectivity index (χ2v) is 14.5. The lowest BCUT2D eigenvalue weighted by atomic mass is 9.48. The quantitative estimate of drug-likeness (QED) is 0.163. The Kier molecular flexibility index (Phi) is 7.75. The molecule has 3 atom stereocenters. The van der Waals surface area contributed by atoms with E-state index in [0.717, 1.165) is 41.0 Å². The normalized spacial score (nSPS) is 22.4. The molecule has 5 heteroatoms. The minimum atomic E-state index is -0.888. The Morgan fingerprint density at radius 3 is 2.57 bits per heavy atom. The predicted octanol–water partition coefficient (Wildman–Crippen LogP) is 9.77. The highest BCUT2D eigenvalue weighted by Gasteiger charge is 2.51. The van der Waals surface area contributed by atoms with Crippen LogP contribution in [0.2, 0.25) is 0 Å². The number of aromatic amines is 1. The monoisotopic (exact) mass is 611 g/mol. The summed E-state index contributed by atoms with van der Waals surface area (Å²) in [5.41, 5.74) is 12.5. The van der Waals surface area contributed by atoms with Crippen molar-refractivity contribution in [3.8, 4) is 22.5 Å². The van der Waals surface area contributed by atoms with Crippen LogP contribution in [0, 0.1) is 11.3 Å². The zero-order valence-corrected chi connectivity index (χ0v) is 27.5. The molecule has 1 heterocycles. The number of hydrogen-bond donors (Lipinski definition) is 3. The standard InChI is InChI=1S/C41H45N3O2/c1-26(2)28-14-17-34-29(22-28)15-19-36-40(3,20-9-21-41(34,36)4)24-33-32(27-10-6-5-7-11-27)16-18-35-38(33)44-39(43-35)30-12-8-13-31(23-30)42-25-37(45)46/h5-8,10-14,16-18,22-23,26,36,42H,9,15,19-21,24-25H2,1-4H3,(H,43,44)(H,45,46)/t36-,40+,41+/m0/s1. The molecule has 2 aliphatic rings. The molecule has 5 nitrogen and oxygen atoms in total. The number of carboxylic acid groups (broad SMARTS) is 1. The number of nitrogens with one attached hydrogen (secondary N) is 2. The van der Waals surface area contributed by atoms with E-state index in [2.05, 4.69) is 98.7 Å². The number of carboxylic acids is 1. The van der Waals surface area contributed by atoms with Crippen LogP contribution in [0.4, 0.5) is 5.69 Å². The van der Waals surface area contributed by atoms with E-state index >= 15 is 0 Å². The Bertz CT molecular complexity index is 1910. The van der Waals surface area contributed by atoms with E-state index in [1.165, 1.54) is 47.9 Å². The number of rotatable bonds is 8. The van der Waals surface area contributed by atoms with Crippen molar-refractivity contribution in [1.29, 1.82) is 0 Å². The van der Waals surface area contributed by atoms with Crippen molar-refractivity contribution in [3.63, 3.8) is 0 Å². The second kappa shape index (κ2) is 11.8. The third kappa shape index (κ3) is 5.40. The van der Waals surface area contributed by atoms with Crippen molar-refractivity contribution in [2.75, 3.05) is 11.9 Å². The molecule has 7 rings (SSSR count). The number of hydrogen-bond acceptors (Lipinski definition) is 3. The lowest BCUT2D eigenvalue weighted by molar-refractivity contribution is -0.134. The van der Waals surface area contributed by atoms with Crippen LogP contribution < -0.4 is 5.32 Å². The predicted molar refractivity (Wildman–Crippen MR) is 188 cm³/mol. The summed E-state index contributed by atoms with van der Waals surface area (Å²) >= 11 is 0. The maximum atomic E-state index is 11.1. The van der Waals surface area contributed by atoms with E-state index < -0.39 is 5.97 Å². The molecule has 3 N–H and O–H groups in total. The van der Waals surface area contributed by atoms with E-state index in [0.29, 0.717) is 11.8 Å². The van der Waals surface area contributed by atoms with Gasteiger partial charge in [-0.05, 0) is 106 Å². The molecule has 2 aliphatic carbocycles. The zero-order valence-electron chi connectivity index (χ0n) is 27.5. The van der Waals surface area contributed by atoms with Crippen molar-refractivity contribution in [3.05, 3.63) is 107 Å². The fourth-order valence-electron chi connectivity index (χ4n) is 8.91. The zero-order chi connectivity index (χ0) is 32.1. The summed E-state index contributed by atoms with van der Waals surface area (Å²) in [5.74, 6) is 1.04. The highest BCUT2D eigenvalue weighted by atomic mass is 16.4. The van der Waals surface area contributed by atoms with Crippen LogP contribution in [0.15, 0.2) is 84.9 Å². The molecule has 4 aromatic carbocycles. The van der Waals surface area contributed by atoms with Crippen molar-refractivity contribution in [2.45, 2.75) is 77.6 Å². The van der Waals surface area contributed by atoms with E-state index in [-0.39, 0.29) is 17.4 Å². The van der Waals surface area contributed by atoms with Gasteiger partial charge in [-0.1, -0.05) is 101 Å². The Morgan fingerprint density at radius 1 is 0.978 bits per heavy atom. The maximum Gasteiger partial charge on any atom is 0.322 e. The van der Waals surface area contributed by atoms with E-state index in [1.54, 1.807) is 11.1 Å². The molecule has 0 saturated heterocycles. The Labute approximate surface area is 272 Å². The van der Waals surface area contributed by atoms with Crippen LogP contribution in [0.3, 0.4) is 0 Å². The summed E-state index contributed by atoms with van der Waals surface area (Å²) < 4.78 is 0. The summed E-state index contributed by atoms with van der Waals surface area (Å²) in [5, 5.41) is 12.1. The highest BCUT2D eigenvalue weighted by Crippen LogP contribution is 2.59. The van der Waals surface area contributed by atoms with Gasteiger partial charge in [-0.25, -0.2) is 4.98 Å². The molecule has 0 aliphatic heterocycles. The van der Waals surface area contributed by atoms with Crippen molar-refractivity contribution >= 4 is 22.7 Å². The van der Waals surface area contributed by atoms with Crippen LogP contribution in [-0.2, 0) is 23.1 Å². The molecule has 1 saturated carbocycles. The van der Waals surface area contributed by atoms with Crippen molar-refractivity contribution in [1.82, 2.24) is 9.97 Å². The van der Waals surface area contributed by atoms with Gasteiger partial charge in [0.15, 0.2) is 0 Å². The smallest absolute Gasteiger partial charge is 0.322 e. The van der Waals surface area contributed by atoms with Gasteiger partial charge in [-0.15, -0.1) is 0 Å². The number of aromatic nitrogens is 2. The summed E-state index contributed by atoms with van der Waals surface area (Å²) in [4.78, 5) is 20.0. The number of H-pyrrole nitrogens is 1. The number of benzene rings is 4. The van der Waals surface area contributed by atoms with Gasteiger partial charge in [-0.3, -0.25) is 4.79 Å².